The Kier molecular flexibility index (Phi) is 11.2. The zero-order chi connectivity index (χ0) is 20.0. The highest BCUT2D eigenvalue weighted by Gasteiger charge is 2.08. The largest absolute Gasteiger partial charge is 0.302 e. The molecule has 28 heavy (non-hydrogen) atoms. The first-order valence-electron chi connectivity index (χ1n) is 10.7. The Hall–Kier alpha value is -1.39. The fraction of sp³-hybridized carbons (Fsp3) is 0.565. The number of nitrogens with zero attached hydrogens (tertiary/aromatic N) is 1. The minimum atomic E-state index is 0.0629. The summed E-state index contributed by atoms with van der Waals surface area (Å²) in [5, 5.41) is 6.25. The highest BCUT2D eigenvalue weighted by molar-refractivity contribution is 7.14. The number of unbranched alkanes of at least 4 members (excludes halogenated alkanes) is 10. The van der Waals surface area contributed by atoms with Gasteiger partial charge in [0.15, 0.2) is 5.13 Å². The summed E-state index contributed by atoms with van der Waals surface area (Å²) >= 11 is 7.38. The van der Waals surface area contributed by atoms with Crippen LogP contribution in [0.25, 0.3) is 11.3 Å². The molecule has 5 heteroatoms. The van der Waals surface area contributed by atoms with Crippen molar-refractivity contribution in [2.75, 3.05) is 5.32 Å². The van der Waals surface area contributed by atoms with Crippen LogP contribution in [-0.4, -0.2) is 10.9 Å². The Morgan fingerprint density at radius 2 is 1.50 bits per heavy atom. The number of benzene rings is 1. The van der Waals surface area contributed by atoms with Gasteiger partial charge in [-0.25, -0.2) is 4.98 Å². The average molecular weight is 421 g/mol. The van der Waals surface area contributed by atoms with Crippen molar-refractivity contribution in [3.8, 4) is 11.3 Å². The molecule has 1 heterocycles. The van der Waals surface area contributed by atoms with Crippen molar-refractivity contribution >= 4 is 34.0 Å². The molecule has 0 radical (unpaired) electrons. The third-order valence-electron chi connectivity index (χ3n) is 4.90. The molecule has 2 rings (SSSR count). The maximum Gasteiger partial charge on any atom is 0.226 e. The SMILES string of the molecule is CCCCCCCCCCCCCC(=O)Nc1nc(-c2ccc(Cl)cc2)cs1. The van der Waals surface area contributed by atoms with Crippen molar-refractivity contribution in [3.05, 3.63) is 34.7 Å². The van der Waals surface area contributed by atoms with Gasteiger partial charge >= 0.3 is 0 Å². The van der Waals surface area contributed by atoms with Crippen LogP contribution in [0.2, 0.25) is 5.02 Å². The lowest BCUT2D eigenvalue weighted by Gasteiger charge is -2.03. The summed E-state index contributed by atoms with van der Waals surface area (Å²) < 4.78 is 0. The van der Waals surface area contributed by atoms with Gasteiger partial charge in [-0.1, -0.05) is 94.9 Å². The third kappa shape index (κ3) is 9.20. The van der Waals surface area contributed by atoms with Crippen molar-refractivity contribution in [2.45, 2.75) is 84.0 Å². The lowest BCUT2D eigenvalue weighted by molar-refractivity contribution is -0.116. The van der Waals surface area contributed by atoms with Gasteiger partial charge in [0.2, 0.25) is 5.91 Å². The normalized spacial score (nSPS) is 10.9. The van der Waals surface area contributed by atoms with E-state index in [1.54, 1.807) is 0 Å². The third-order valence-corrected chi connectivity index (χ3v) is 5.91. The predicted octanol–water partition coefficient (Wildman–Crippen LogP) is 8.10. The molecule has 0 atom stereocenters. The minimum absolute atomic E-state index is 0.0629. The fourth-order valence-corrected chi connectivity index (χ4v) is 4.08. The first-order valence-corrected chi connectivity index (χ1v) is 12.0. The van der Waals surface area contributed by atoms with Gasteiger partial charge in [-0.2, -0.15) is 0 Å². The molecule has 0 saturated heterocycles. The molecule has 0 spiro atoms. The second-order valence-electron chi connectivity index (χ2n) is 7.38. The van der Waals surface area contributed by atoms with Crippen LogP contribution in [0.15, 0.2) is 29.6 Å². The number of carbonyl (C=O) groups excluding carboxylic acids is 1. The van der Waals surface area contributed by atoms with E-state index in [-0.39, 0.29) is 5.91 Å². The summed E-state index contributed by atoms with van der Waals surface area (Å²) in [6.07, 6.45) is 14.8. The Balaban J connectivity index is 1.53. The molecule has 0 bridgehead atoms. The first-order chi connectivity index (χ1) is 13.7. The van der Waals surface area contributed by atoms with Crippen LogP contribution in [0, 0.1) is 0 Å². The molecule has 0 aliphatic rings. The number of amides is 1. The van der Waals surface area contributed by atoms with Crippen LogP contribution >= 0.6 is 22.9 Å². The van der Waals surface area contributed by atoms with E-state index in [1.165, 1.54) is 69.1 Å². The Morgan fingerprint density at radius 1 is 0.929 bits per heavy atom. The average Bonchev–Trinajstić information content (AvgIpc) is 3.15. The number of hydrogen-bond donors (Lipinski definition) is 1. The number of halogens is 1. The topological polar surface area (TPSA) is 42.0 Å². The monoisotopic (exact) mass is 420 g/mol. The summed E-state index contributed by atoms with van der Waals surface area (Å²) in [6.45, 7) is 2.26. The Morgan fingerprint density at radius 3 is 2.11 bits per heavy atom. The number of rotatable bonds is 14. The number of thiazole rings is 1. The van der Waals surface area contributed by atoms with E-state index in [1.807, 2.05) is 29.6 Å². The first kappa shape index (κ1) is 22.9. The second kappa shape index (κ2) is 13.7. The molecule has 0 saturated carbocycles. The van der Waals surface area contributed by atoms with E-state index in [0.717, 1.165) is 24.1 Å². The van der Waals surface area contributed by atoms with Crippen molar-refractivity contribution in [2.24, 2.45) is 0 Å². The molecule has 1 N–H and O–H groups in total. The standard InChI is InChI=1S/C23H33ClN2OS/c1-2-3-4-5-6-7-8-9-10-11-12-13-22(27)26-23-25-21(18-28-23)19-14-16-20(24)17-15-19/h14-18H,2-13H2,1H3,(H,25,26,27). The number of anilines is 1. The number of nitrogens with one attached hydrogen (secondary N) is 1. The maximum absolute atomic E-state index is 12.1. The molecule has 0 aliphatic heterocycles. The van der Waals surface area contributed by atoms with E-state index in [4.69, 9.17) is 11.6 Å². The zero-order valence-corrected chi connectivity index (χ0v) is 18.6. The van der Waals surface area contributed by atoms with E-state index < -0.39 is 0 Å². The van der Waals surface area contributed by atoms with Gasteiger partial charge in [0.1, 0.15) is 0 Å². The molecule has 2 aromatic rings. The number of carbonyl (C=O) groups is 1. The zero-order valence-electron chi connectivity index (χ0n) is 17.0. The van der Waals surface area contributed by atoms with Crippen LogP contribution in [0.4, 0.5) is 5.13 Å². The van der Waals surface area contributed by atoms with Gasteiger partial charge in [-0.05, 0) is 18.6 Å². The lowest BCUT2D eigenvalue weighted by Crippen LogP contribution is -2.10. The van der Waals surface area contributed by atoms with E-state index in [0.29, 0.717) is 16.6 Å². The molecule has 1 aromatic carbocycles. The van der Waals surface area contributed by atoms with Gasteiger partial charge in [-0.3, -0.25) is 4.79 Å². The van der Waals surface area contributed by atoms with Crippen LogP contribution in [0.3, 0.4) is 0 Å². The van der Waals surface area contributed by atoms with Gasteiger partial charge in [0.25, 0.3) is 0 Å². The lowest BCUT2D eigenvalue weighted by atomic mass is 10.1. The quantitative estimate of drug-likeness (QED) is 0.313. The minimum Gasteiger partial charge on any atom is -0.302 e. The van der Waals surface area contributed by atoms with Crippen LogP contribution < -0.4 is 5.32 Å². The van der Waals surface area contributed by atoms with E-state index >= 15 is 0 Å². The predicted molar refractivity (Wildman–Crippen MR) is 122 cm³/mol. The molecule has 1 aromatic heterocycles. The highest BCUT2D eigenvalue weighted by atomic mass is 35.5. The van der Waals surface area contributed by atoms with Crippen LogP contribution in [-0.2, 0) is 4.79 Å². The maximum atomic E-state index is 12.1. The summed E-state index contributed by atoms with van der Waals surface area (Å²) in [5.41, 5.74) is 1.87. The van der Waals surface area contributed by atoms with Crippen molar-refractivity contribution < 1.29 is 4.79 Å². The Bertz CT molecular complexity index is 684. The van der Waals surface area contributed by atoms with Crippen molar-refractivity contribution in [1.82, 2.24) is 4.98 Å². The fourth-order valence-electron chi connectivity index (χ4n) is 3.22. The van der Waals surface area contributed by atoms with Gasteiger partial charge in [0, 0.05) is 22.4 Å². The number of aromatic nitrogens is 1. The van der Waals surface area contributed by atoms with Crippen molar-refractivity contribution in [1.29, 1.82) is 0 Å². The molecule has 0 unspecified atom stereocenters. The molecule has 3 nitrogen and oxygen atoms in total. The van der Waals surface area contributed by atoms with Crippen LogP contribution in [0.1, 0.15) is 84.0 Å². The molecule has 0 aliphatic carbocycles. The molecule has 154 valence electrons. The van der Waals surface area contributed by atoms with Gasteiger partial charge in [-0.15, -0.1) is 11.3 Å². The second-order valence-corrected chi connectivity index (χ2v) is 8.67. The van der Waals surface area contributed by atoms with Gasteiger partial charge in [0.05, 0.1) is 5.69 Å². The summed E-state index contributed by atoms with van der Waals surface area (Å²) in [7, 11) is 0. The van der Waals surface area contributed by atoms with E-state index in [9.17, 15) is 4.79 Å². The smallest absolute Gasteiger partial charge is 0.226 e. The molecule has 1 amide bonds. The summed E-state index contributed by atoms with van der Waals surface area (Å²) in [5.74, 6) is 0.0629. The molecule has 0 fully saturated rings. The summed E-state index contributed by atoms with van der Waals surface area (Å²) in [4.78, 5) is 16.6. The molecular weight excluding hydrogens is 388 g/mol. The van der Waals surface area contributed by atoms with E-state index in [2.05, 4.69) is 17.2 Å². The molecular formula is C23H33ClN2OS. The van der Waals surface area contributed by atoms with Crippen molar-refractivity contribution in [3.63, 3.8) is 0 Å². The van der Waals surface area contributed by atoms with Gasteiger partial charge < -0.3 is 5.32 Å². The highest BCUT2D eigenvalue weighted by Crippen LogP contribution is 2.26. The Labute approximate surface area is 178 Å². The van der Waals surface area contributed by atoms with Crippen LogP contribution in [0.5, 0.6) is 0 Å². The summed E-state index contributed by atoms with van der Waals surface area (Å²) in [6, 6.07) is 7.57. The number of hydrogen-bond acceptors (Lipinski definition) is 3.